The molecule has 1 aromatic rings. The molecule has 4 aliphatic rings. The molecule has 1 aromatic carbocycles. The lowest BCUT2D eigenvalue weighted by Crippen LogP contribution is -2.67. The molecule has 0 unspecified atom stereocenters. The van der Waals surface area contributed by atoms with Gasteiger partial charge in [0.05, 0.1) is 17.7 Å². The van der Waals surface area contributed by atoms with Crippen LogP contribution in [0.15, 0.2) is 18.2 Å². The summed E-state index contributed by atoms with van der Waals surface area (Å²) in [5.41, 5.74) is 0.216. The van der Waals surface area contributed by atoms with Crippen molar-refractivity contribution >= 4 is 23.5 Å². The standard InChI is InChI=1S/C22H27ClFN3O4/c23-17-5-16(24)1-2-19(17)30-10-14-6-22(7-14)12-27(13-22)21(29)26-4-3-18-15(9-26)8-25-20(28)11-31-18/h1-2,5,14-15,18H,3-4,6-13H2,(H,25,28)/t15-,18+/m1/s1. The maximum Gasteiger partial charge on any atom is 0.320 e. The molecule has 7 nitrogen and oxygen atoms in total. The molecular formula is C22H27ClFN3O4. The molecule has 1 saturated carbocycles. The van der Waals surface area contributed by atoms with Gasteiger partial charge in [0, 0.05) is 44.1 Å². The number of hydrogen-bond acceptors (Lipinski definition) is 4. The number of hydrogen-bond donors (Lipinski definition) is 1. The highest BCUT2D eigenvalue weighted by molar-refractivity contribution is 6.32. The van der Waals surface area contributed by atoms with Gasteiger partial charge in [0.15, 0.2) is 0 Å². The Morgan fingerprint density at radius 1 is 1.32 bits per heavy atom. The first-order valence-electron chi connectivity index (χ1n) is 10.9. The molecule has 1 N–H and O–H groups in total. The Hall–Kier alpha value is -2.06. The summed E-state index contributed by atoms with van der Waals surface area (Å²) in [4.78, 5) is 28.3. The van der Waals surface area contributed by atoms with Crippen molar-refractivity contribution in [3.05, 3.63) is 29.0 Å². The molecule has 31 heavy (non-hydrogen) atoms. The van der Waals surface area contributed by atoms with E-state index in [9.17, 15) is 14.0 Å². The Morgan fingerprint density at radius 2 is 2.13 bits per heavy atom. The van der Waals surface area contributed by atoms with Gasteiger partial charge in [-0.2, -0.15) is 0 Å². The summed E-state index contributed by atoms with van der Waals surface area (Å²) in [5, 5.41) is 3.16. The molecule has 0 aromatic heterocycles. The zero-order valence-corrected chi connectivity index (χ0v) is 18.1. The number of halogens is 2. The van der Waals surface area contributed by atoms with E-state index in [2.05, 4.69) is 5.32 Å². The predicted molar refractivity (Wildman–Crippen MR) is 111 cm³/mol. The molecule has 0 radical (unpaired) electrons. The molecule has 3 amide bonds. The summed E-state index contributed by atoms with van der Waals surface area (Å²) >= 11 is 6.01. The van der Waals surface area contributed by atoms with E-state index in [0.29, 0.717) is 37.9 Å². The molecule has 9 heteroatoms. The number of carbonyl (C=O) groups is 2. The van der Waals surface area contributed by atoms with Gasteiger partial charge >= 0.3 is 6.03 Å². The fourth-order valence-electron chi connectivity index (χ4n) is 5.52. The van der Waals surface area contributed by atoms with E-state index in [1.54, 1.807) is 6.07 Å². The average Bonchev–Trinajstić information content (AvgIpc) is 2.87. The van der Waals surface area contributed by atoms with Crippen molar-refractivity contribution in [3.63, 3.8) is 0 Å². The minimum absolute atomic E-state index is 0.0488. The van der Waals surface area contributed by atoms with E-state index in [1.807, 2.05) is 9.80 Å². The van der Waals surface area contributed by atoms with Gasteiger partial charge in [-0.25, -0.2) is 9.18 Å². The topological polar surface area (TPSA) is 71.1 Å². The number of urea groups is 1. The van der Waals surface area contributed by atoms with Crippen LogP contribution in [0, 0.1) is 23.1 Å². The van der Waals surface area contributed by atoms with Gasteiger partial charge in [0.25, 0.3) is 0 Å². The van der Waals surface area contributed by atoms with Crippen LogP contribution in [0.1, 0.15) is 19.3 Å². The number of piperidine rings is 1. The van der Waals surface area contributed by atoms with Crippen molar-refractivity contribution < 1.29 is 23.5 Å². The highest BCUT2D eigenvalue weighted by Crippen LogP contribution is 2.52. The number of amides is 3. The van der Waals surface area contributed by atoms with Crippen LogP contribution >= 0.6 is 11.6 Å². The minimum atomic E-state index is -0.375. The van der Waals surface area contributed by atoms with Gasteiger partial charge in [-0.3, -0.25) is 4.79 Å². The highest BCUT2D eigenvalue weighted by atomic mass is 35.5. The first-order chi connectivity index (χ1) is 14.9. The molecule has 1 spiro atoms. The summed E-state index contributed by atoms with van der Waals surface area (Å²) in [6, 6.07) is 4.25. The van der Waals surface area contributed by atoms with Crippen molar-refractivity contribution in [2.75, 3.05) is 45.9 Å². The van der Waals surface area contributed by atoms with Crippen molar-refractivity contribution in [2.45, 2.75) is 25.4 Å². The third kappa shape index (κ3) is 4.20. The maximum absolute atomic E-state index is 13.1. The smallest absolute Gasteiger partial charge is 0.320 e. The summed E-state index contributed by atoms with van der Waals surface area (Å²) in [5.74, 6) is 0.641. The van der Waals surface area contributed by atoms with Crippen molar-refractivity contribution in [1.29, 1.82) is 0 Å². The maximum atomic E-state index is 13.1. The van der Waals surface area contributed by atoms with E-state index >= 15 is 0 Å². The molecule has 3 aliphatic heterocycles. The van der Waals surface area contributed by atoms with Crippen LogP contribution in [-0.4, -0.2) is 73.8 Å². The number of carbonyl (C=O) groups excluding carboxylic acids is 2. The number of nitrogens with one attached hydrogen (secondary N) is 1. The number of fused-ring (bicyclic) bond motifs is 1. The van der Waals surface area contributed by atoms with Crippen LogP contribution in [0.5, 0.6) is 5.75 Å². The second-order valence-corrected chi connectivity index (χ2v) is 9.85. The molecular weight excluding hydrogens is 425 g/mol. The Labute approximate surface area is 185 Å². The van der Waals surface area contributed by atoms with E-state index in [4.69, 9.17) is 21.1 Å². The number of nitrogens with zero attached hydrogens (tertiary/aromatic N) is 2. The van der Waals surface area contributed by atoms with Crippen LogP contribution in [0.25, 0.3) is 0 Å². The Morgan fingerprint density at radius 3 is 2.90 bits per heavy atom. The van der Waals surface area contributed by atoms with E-state index in [1.165, 1.54) is 12.1 Å². The van der Waals surface area contributed by atoms with Crippen molar-refractivity contribution in [3.8, 4) is 5.75 Å². The normalized spacial score (nSPS) is 27.6. The lowest BCUT2D eigenvalue weighted by molar-refractivity contribution is -0.126. The summed E-state index contributed by atoms with van der Waals surface area (Å²) < 4.78 is 24.6. The first-order valence-corrected chi connectivity index (χ1v) is 11.3. The number of likely N-dealkylation sites (tertiary alicyclic amines) is 2. The summed E-state index contributed by atoms with van der Waals surface area (Å²) in [6.07, 6.45) is 2.88. The second kappa shape index (κ2) is 8.13. The van der Waals surface area contributed by atoms with Gasteiger partial charge < -0.3 is 24.6 Å². The third-order valence-corrected chi connectivity index (χ3v) is 7.35. The molecule has 168 valence electrons. The Bertz CT molecular complexity index is 870. The lowest BCUT2D eigenvalue weighted by Gasteiger charge is -2.59. The Balaban J connectivity index is 1.06. The van der Waals surface area contributed by atoms with Gasteiger partial charge in [-0.15, -0.1) is 0 Å². The van der Waals surface area contributed by atoms with Crippen LogP contribution in [0.4, 0.5) is 9.18 Å². The lowest BCUT2D eigenvalue weighted by atomic mass is 9.58. The fourth-order valence-corrected chi connectivity index (χ4v) is 5.74. The van der Waals surface area contributed by atoms with E-state index in [0.717, 1.165) is 32.4 Å². The quantitative estimate of drug-likeness (QED) is 0.766. The zero-order chi connectivity index (χ0) is 21.6. The molecule has 2 atom stereocenters. The van der Waals surface area contributed by atoms with Crippen molar-refractivity contribution in [1.82, 2.24) is 15.1 Å². The predicted octanol–water partition coefficient (Wildman–Crippen LogP) is 2.53. The molecule has 1 aliphatic carbocycles. The summed E-state index contributed by atoms with van der Waals surface area (Å²) in [7, 11) is 0. The van der Waals surface area contributed by atoms with Crippen LogP contribution < -0.4 is 10.1 Å². The molecule has 5 rings (SSSR count). The average molecular weight is 452 g/mol. The number of ether oxygens (including phenoxy) is 2. The largest absolute Gasteiger partial charge is 0.492 e. The summed E-state index contributed by atoms with van der Waals surface area (Å²) in [6.45, 7) is 4.12. The fraction of sp³-hybridized carbons (Fsp3) is 0.636. The van der Waals surface area contributed by atoms with Crippen LogP contribution in [0.2, 0.25) is 5.02 Å². The van der Waals surface area contributed by atoms with Crippen molar-refractivity contribution in [2.24, 2.45) is 17.3 Å². The number of rotatable bonds is 3. The molecule has 3 heterocycles. The monoisotopic (exact) mass is 451 g/mol. The van der Waals surface area contributed by atoms with Gasteiger partial charge in [-0.1, -0.05) is 11.6 Å². The van der Waals surface area contributed by atoms with Crippen LogP contribution in [-0.2, 0) is 9.53 Å². The van der Waals surface area contributed by atoms with Crippen LogP contribution in [0.3, 0.4) is 0 Å². The first kappa shape index (κ1) is 20.8. The number of benzene rings is 1. The zero-order valence-electron chi connectivity index (χ0n) is 17.3. The second-order valence-electron chi connectivity index (χ2n) is 9.45. The minimum Gasteiger partial charge on any atom is -0.492 e. The van der Waals surface area contributed by atoms with Gasteiger partial charge in [0.1, 0.15) is 18.2 Å². The Kier molecular flexibility index (Phi) is 5.46. The molecule has 3 saturated heterocycles. The molecule has 4 fully saturated rings. The highest BCUT2D eigenvalue weighted by Gasteiger charge is 2.54. The van der Waals surface area contributed by atoms with E-state index < -0.39 is 0 Å². The third-order valence-electron chi connectivity index (χ3n) is 7.06. The van der Waals surface area contributed by atoms with E-state index in [-0.39, 0.29) is 46.8 Å². The molecule has 0 bridgehead atoms. The van der Waals surface area contributed by atoms with Gasteiger partial charge in [0.2, 0.25) is 5.91 Å². The van der Waals surface area contributed by atoms with Gasteiger partial charge in [-0.05, 0) is 43.4 Å². The SMILES string of the molecule is O=C1CO[C@H]2CCN(C(=O)N3CC4(CC(COc5ccc(F)cc5Cl)C4)C3)C[C@H]2CN1.